The van der Waals surface area contributed by atoms with Crippen molar-refractivity contribution in [1.82, 2.24) is 0 Å². The highest BCUT2D eigenvalue weighted by Gasteiger charge is 2.47. The molecule has 1 fully saturated rings. The summed E-state index contributed by atoms with van der Waals surface area (Å²) in [5.74, 6) is 1.87. The lowest BCUT2D eigenvalue weighted by Gasteiger charge is -2.45. The van der Waals surface area contributed by atoms with Crippen molar-refractivity contribution in [3.8, 4) is 0 Å². The Morgan fingerprint density at radius 3 is 0.787 bits per heavy atom. The Balaban J connectivity index is -0.000000338. The number of carbonyl (C=O) groups excluding carboxylic acids is 6. The van der Waals surface area contributed by atoms with Crippen LogP contribution in [-0.4, -0.2) is 69.4 Å². The average Bonchev–Trinajstić information content (AvgIpc) is 0.993. The van der Waals surface area contributed by atoms with Crippen LogP contribution in [0.3, 0.4) is 0 Å². The van der Waals surface area contributed by atoms with Crippen LogP contribution in [0.4, 0.5) is 0 Å². The molecule has 0 aromatic heterocycles. The monoisotopic (exact) mass is 1340 g/mol. The van der Waals surface area contributed by atoms with Crippen molar-refractivity contribution in [2.45, 2.75) is 420 Å². The molecule has 1 aliphatic rings. The van der Waals surface area contributed by atoms with E-state index in [4.69, 9.17) is 28.4 Å². The van der Waals surface area contributed by atoms with E-state index in [0.29, 0.717) is 41.4 Å². The third-order valence-corrected chi connectivity index (χ3v) is 23.1. The molecule has 0 heterocycles. The number of hydrogen-bond donors (Lipinski definition) is 0. The summed E-state index contributed by atoms with van der Waals surface area (Å²) in [4.78, 5) is 72.4. The Morgan fingerprint density at radius 2 is 0.553 bits per heavy atom. The molecule has 0 saturated heterocycles. The van der Waals surface area contributed by atoms with Crippen LogP contribution in [0.25, 0.3) is 0 Å². The van der Waals surface area contributed by atoms with Crippen LogP contribution in [0.5, 0.6) is 0 Å². The Kier molecular flexibility index (Phi) is 44.5. The van der Waals surface area contributed by atoms with Gasteiger partial charge in [-0.25, -0.2) is 0 Å². The first-order valence-corrected chi connectivity index (χ1v) is 37.7. The largest absolute Gasteiger partial charge is 0.459 e. The minimum atomic E-state index is -0.399. The topological polar surface area (TPSA) is 158 Å². The second kappa shape index (κ2) is 42.0. The van der Waals surface area contributed by atoms with Crippen molar-refractivity contribution in [1.29, 1.82) is 0 Å². The normalized spacial score (nSPS) is 14.3. The summed E-state index contributed by atoms with van der Waals surface area (Å²) in [7, 11) is 0. The van der Waals surface area contributed by atoms with Crippen molar-refractivity contribution >= 4 is 35.8 Å². The van der Waals surface area contributed by atoms with Gasteiger partial charge in [0.05, 0.1) is 32.5 Å². The predicted molar refractivity (Wildman–Crippen MR) is 398 cm³/mol. The third kappa shape index (κ3) is 30.5. The molecule has 12 heteroatoms. The molecule has 1 saturated carbocycles. The lowest BCUT2D eigenvalue weighted by Crippen LogP contribution is -2.51. The van der Waals surface area contributed by atoms with E-state index in [1.807, 2.05) is 138 Å². The maximum atomic E-state index is 12.4. The molecule has 0 N–H and O–H groups in total. The molecule has 0 aromatic rings. The summed E-state index contributed by atoms with van der Waals surface area (Å²) in [6.07, 6.45) is 14.6. The maximum absolute atomic E-state index is 12.4. The van der Waals surface area contributed by atoms with E-state index >= 15 is 0 Å². The predicted octanol–water partition coefficient (Wildman–Crippen LogP) is 23.9. The van der Waals surface area contributed by atoms with Gasteiger partial charge >= 0.3 is 35.8 Å². The van der Waals surface area contributed by atoms with Crippen molar-refractivity contribution in [3.63, 3.8) is 0 Å². The van der Waals surface area contributed by atoms with Crippen LogP contribution >= 0.6 is 0 Å². The Morgan fingerprint density at radius 1 is 0.298 bits per heavy atom. The summed E-state index contributed by atoms with van der Waals surface area (Å²) < 4.78 is 34.6. The first-order valence-electron chi connectivity index (χ1n) is 37.7. The molecule has 94 heavy (non-hydrogen) atoms. The molecule has 562 valence electrons. The number of hydrogen-bond acceptors (Lipinski definition) is 12. The highest BCUT2D eigenvalue weighted by atomic mass is 16.6. The van der Waals surface area contributed by atoms with Gasteiger partial charge in [-0.3, -0.25) is 28.8 Å². The van der Waals surface area contributed by atoms with Crippen LogP contribution in [0.2, 0.25) is 0 Å². The molecule has 0 bridgehead atoms. The van der Waals surface area contributed by atoms with Crippen LogP contribution < -0.4 is 0 Å². The highest BCUT2D eigenvalue weighted by molar-refractivity contribution is 5.78. The van der Waals surface area contributed by atoms with Gasteiger partial charge in [0.1, 0.15) is 33.6 Å². The van der Waals surface area contributed by atoms with Gasteiger partial charge in [0, 0.05) is 0 Å². The lowest BCUT2D eigenvalue weighted by atomic mass is 9.72. The van der Waals surface area contributed by atoms with E-state index < -0.39 is 5.41 Å². The van der Waals surface area contributed by atoms with Crippen LogP contribution in [0, 0.1) is 73.9 Å². The van der Waals surface area contributed by atoms with E-state index in [2.05, 4.69) is 145 Å². The van der Waals surface area contributed by atoms with Gasteiger partial charge in [-0.05, 0) is 248 Å². The quantitative estimate of drug-likeness (QED) is 0.0479. The van der Waals surface area contributed by atoms with Crippen molar-refractivity contribution in [2.75, 3.05) is 0 Å². The second-order valence-corrected chi connectivity index (χ2v) is 34.2. The standard InChI is InChI=1S/C16H32O2.C15H30O2.C14H28O2.C13H26O2.C12H22O2.C12H24O2/c1-10-15(8,9)14(17)18-16(11(2)3,12(4)5)13(6)7;1-9-14(7,8)13(16)17-15(10-2,11(3)4)12(5)6;1-9-13(6,7)12(15)16-14(8,10(2)3)11(4)5;1-7-12(5,6)11(14)15-13(8-2,9-3)10-4;1-5-11(2,3)10(13)14-12(4)8-6-7-9-12;1-7-11(4,5)10(13)14-12(6,8-2)9-3/h11-13H,10H2,1-9H3;11-12H,9-10H2,1-8H3;10-11H,9H2,1-8H3;7-10H2,1-6H3;5-9H2,1-4H3;7-9H2,1-6H3. The minimum absolute atomic E-state index is 0.0376. The fourth-order valence-electron chi connectivity index (χ4n) is 10.5. The summed E-state index contributed by atoms with van der Waals surface area (Å²) in [5.41, 5.74) is -3.99. The summed E-state index contributed by atoms with van der Waals surface area (Å²) in [6, 6.07) is 0. The molecule has 12 nitrogen and oxygen atoms in total. The Labute approximate surface area is 584 Å². The van der Waals surface area contributed by atoms with Crippen LogP contribution in [-0.2, 0) is 57.2 Å². The third-order valence-electron chi connectivity index (χ3n) is 23.1. The Hall–Kier alpha value is -3.18. The van der Waals surface area contributed by atoms with Crippen molar-refractivity contribution in [2.24, 2.45) is 73.9 Å². The zero-order chi connectivity index (χ0) is 76.1. The number of esters is 6. The van der Waals surface area contributed by atoms with E-state index in [9.17, 15) is 28.8 Å². The van der Waals surface area contributed by atoms with Crippen LogP contribution in [0.15, 0.2) is 0 Å². The molecular weight excluding hydrogens is 1180 g/mol. The zero-order valence-electron chi connectivity index (χ0n) is 70.3. The van der Waals surface area contributed by atoms with Gasteiger partial charge in [-0.15, -0.1) is 0 Å². The summed E-state index contributed by atoms with van der Waals surface area (Å²) >= 11 is 0. The van der Waals surface area contributed by atoms with E-state index in [1.165, 1.54) is 12.8 Å². The first kappa shape index (κ1) is 99.5. The summed E-state index contributed by atoms with van der Waals surface area (Å²) in [6.45, 7) is 83.9. The van der Waals surface area contributed by atoms with E-state index in [1.54, 1.807) is 0 Å². The van der Waals surface area contributed by atoms with E-state index in [0.717, 1.165) is 89.9 Å². The van der Waals surface area contributed by atoms with Gasteiger partial charge in [0.2, 0.25) is 0 Å². The zero-order valence-corrected chi connectivity index (χ0v) is 70.3. The van der Waals surface area contributed by atoms with Gasteiger partial charge in [0.15, 0.2) is 0 Å². The van der Waals surface area contributed by atoms with Gasteiger partial charge < -0.3 is 28.4 Å². The SMILES string of the molecule is CCC(C)(C)C(=O)OC(C(C)C)(C(C)C)C(C)C.CCC(C)(C)C(=O)OC(C)(C(C)C)C(C)C.CCC(C)(C)C(=O)OC(CC)(C(C)C)C(C)C.CCC(C)(C)C(=O)OC1(C)CCCC1.CCC(C)(CC)OC(=O)C(C)(C)CC.CCC(CC)(CC)OC(=O)C(C)(C)CC. The van der Waals surface area contributed by atoms with Gasteiger partial charge in [-0.2, -0.15) is 0 Å². The second-order valence-electron chi connectivity index (χ2n) is 34.2. The Bertz CT molecular complexity index is 2070. The fraction of sp³-hybridized carbons (Fsp3) is 0.927. The average molecular weight is 1340 g/mol. The number of rotatable bonds is 31. The molecule has 0 aromatic carbocycles. The molecular formula is C82H162O12. The molecule has 0 spiro atoms. The van der Waals surface area contributed by atoms with Crippen molar-refractivity contribution < 1.29 is 57.2 Å². The van der Waals surface area contributed by atoms with Gasteiger partial charge in [-0.1, -0.05) is 180 Å². The fourth-order valence-corrected chi connectivity index (χ4v) is 10.5. The molecule has 0 radical (unpaired) electrons. The lowest BCUT2D eigenvalue weighted by molar-refractivity contribution is -0.191. The first-order chi connectivity index (χ1) is 42.3. The van der Waals surface area contributed by atoms with Crippen molar-refractivity contribution in [3.05, 3.63) is 0 Å². The molecule has 0 atom stereocenters. The maximum Gasteiger partial charge on any atom is 0.312 e. The number of carbonyl (C=O) groups is 6. The van der Waals surface area contributed by atoms with Crippen LogP contribution in [0.1, 0.15) is 387 Å². The van der Waals surface area contributed by atoms with Gasteiger partial charge in [0.25, 0.3) is 0 Å². The number of ether oxygens (including phenoxy) is 6. The van der Waals surface area contributed by atoms with E-state index in [-0.39, 0.29) is 96.5 Å². The highest BCUT2D eigenvalue weighted by Crippen LogP contribution is 2.42. The smallest absolute Gasteiger partial charge is 0.312 e. The molecule has 0 unspecified atom stereocenters. The molecule has 0 amide bonds. The molecule has 1 rings (SSSR count). The molecule has 1 aliphatic carbocycles. The molecule has 0 aliphatic heterocycles. The summed E-state index contributed by atoms with van der Waals surface area (Å²) in [5, 5.41) is 0. The minimum Gasteiger partial charge on any atom is -0.459 e.